The highest BCUT2D eigenvalue weighted by molar-refractivity contribution is 5.92. The van der Waals surface area contributed by atoms with Crippen LogP contribution in [0.2, 0.25) is 0 Å². The second-order valence-electron chi connectivity index (χ2n) is 4.86. The number of carboxylic acid groups (broad SMARTS) is 1. The summed E-state index contributed by atoms with van der Waals surface area (Å²) in [7, 11) is 1.61. The molecule has 0 fully saturated rings. The van der Waals surface area contributed by atoms with E-state index in [1.54, 1.807) is 25.2 Å². The third kappa shape index (κ3) is 3.21. The lowest BCUT2D eigenvalue weighted by atomic mass is 10.2. The summed E-state index contributed by atoms with van der Waals surface area (Å²) in [6, 6.07) is 4.90. The van der Waals surface area contributed by atoms with Gasteiger partial charge in [-0.05, 0) is 24.6 Å². The van der Waals surface area contributed by atoms with Crippen molar-refractivity contribution in [2.24, 2.45) is 0 Å². The maximum atomic E-state index is 11.4. The highest BCUT2D eigenvalue weighted by Crippen LogP contribution is 2.19. The van der Waals surface area contributed by atoms with Crippen LogP contribution in [-0.2, 0) is 17.8 Å². The summed E-state index contributed by atoms with van der Waals surface area (Å²) in [6.45, 7) is 2.60. The SMILES string of the molecule is CCCc1nc2cc(C(=O)O)ccc2n1CCC(=O)NC. The van der Waals surface area contributed by atoms with Crippen LogP contribution in [0.5, 0.6) is 0 Å². The smallest absolute Gasteiger partial charge is 0.335 e. The number of imidazole rings is 1. The Morgan fingerprint density at radius 3 is 2.76 bits per heavy atom. The Balaban J connectivity index is 2.42. The number of aromatic carboxylic acids is 1. The van der Waals surface area contributed by atoms with E-state index in [1.807, 2.05) is 4.57 Å². The molecule has 112 valence electrons. The number of carboxylic acids is 1. The first-order valence-electron chi connectivity index (χ1n) is 6.99. The number of carbonyl (C=O) groups excluding carboxylic acids is 1. The molecule has 0 saturated heterocycles. The van der Waals surface area contributed by atoms with Gasteiger partial charge in [-0.25, -0.2) is 9.78 Å². The minimum absolute atomic E-state index is 0.0264. The molecule has 0 unspecified atom stereocenters. The van der Waals surface area contributed by atoms with Gasteiger partial charge in [0, 0.05) is 26.4 Å². The van der Waals surface area contributed by atoms with Crippen LogP contribution in [0.15, 0.2) is 18.2 Å². The summed E-state index contributed by atoms with van der Waals surface area (Å²) >= 11 is 0. The van der Waals surface area contributed by atoms with Gasteiger partial charge in [-0.3, -0.25) is 4.79 Å². The van der Waals surface area contributed by atoms with Gasteiger partial charge in [-0.2, -0.15) is 0 Å². The van der Waals surface area contributed by atoms with E-state index in [9.17, 15) is 9.59 Å². The lowest BCUT2D eigenvalue weighted by Gasteiger charge is -2.08. The van der Waals surface area contributed by atoms with Crippen molar-refractivity contribution in [2.45, 2.75) is 32.7 Å². The number of fused-ring (bicyclic) bond motifs is 1. The number of hydrogen-bond acceptors (Lipinski definition) is 3. The summed E-state index contributed by atoms with van der Waals surface area (Å²) < 4.78 is 2.00. The quantitative estimate of drug-likeness (QED) is 0.849. The molecular formula is C15H19N3O3. The van der Waals surface area contributed by atoms with E-state index < -0.39 is 5.97 Å². The molecule has 0 aliphatic rings. The molecule has 0 saturated carbocycles. The second-order valence-corrected chi connectivity index (χ2v) is 4.86. The summed E-state index contributed by atoms with van der Waals surface area (Å²) in [5, 5.41) is 11.6. The van der Waals surface area contributed by atoms with Crippen LogP contribution in [0.4, 0.5) is 0 Å². The topological polar surface area (TPSA) is 84.2 Å². The van der Waals surface area contributed by atoms with Crippen molar-refractivity contribution in [1.29, 1.82) is 0 Å². The molecule has 0 bridgehead atoms. The van der Waals surface area contributed by atoms with Crippen LogP contribution in [0, 0.1) is 0 Å². The number of hydrogen-bond donors (Lipinski definition) is 2. The number of nitrogens with one attached hydrogen (secondary N) is 1. The Morgan fingerprint density at radius 2 is 2.14 bits per heavy atom. The molecule has 1 aromatic heterocycles. The van der Waals surface area contributed by atoms with E-state index in [0.29, 0.717) is 18.5 Å². The molecule has 0 radical (unpaired) electrons. The molecule has 0 spiro atoms. The van der Waals surface area contributed by atoms with Crippen molar-refractivity contribution in [3.05, 3.63) is 29.6 Å². The monoisotopic (exact) mass is 289 g/mol. The Morgan fingerprint density at radius 1 is 1.38 bits per heavy atom. The highest BCUT2D eigenvalue weighted by Gasteiger charge is 2.13. The van der Waals surface area contributed by atoms with Gasteiger partial charge in [0.2, 0.25) is 5.91 Å². The van der Waals surface area contributed by atoms with Crippen molar-refractivity contribution in [1.82, 2.24) is 14.9 Å². The first-order chi connectivity index (χ1) is 10.1. The largest absolute Gasteiger partial charge is 0.478 e. The molecule has 2 N–H and O–H groups in total. The first-order valence-corrected chi connectivity index (χ1v) is 6.99. The molecular weight excluding hydrogens is 270 g/mol. The van der Waals surface area contributed by atoms with E-state index in [1.165, 1.54) is 0 Å². The van der Waals surface area contributed by atoms with Crippen LogP contribution in [0.25, 0.3) is 11.0 Å². The molecule has 21 heavy (non-hydrogen) atoms. The lowest BCUT2D eigenvalue weighted by Crippen LogP contribution is -2.20. The number of nitrogens with zero attached hydrogens (tertiary/aromatic N) is 2. The molecule has 6 heteroatoms. The van der Waals surface area contributed by atoms with Crippen LogP contribution in [0.3, 0.4) is 0 Å². The van der Waals surface area contributed by atoms with E-state index >= 15 is 0 Å². The van der Waals surface area contributed by atoms with E-state index in [4.69, 9.17) is 5.11 Å². The van der Waals surface area contributed by atoms with E-state index in [2.05, 4.69) is 17.2 Å². The second kappa shape index (κ2) is 6.39. The minimum Gasteiger partial charge on any atom is -0.478 e. The summed E-state index contributed by atoms with van der Waals surface area (Å²) in [4.78, 5) is 27.0. The average Bonchev–Trinajstić information content (AvgIpc) is 2.81. The standard InChI is InChI=1S/C15H19N3O3/c1-3-4-13-17-11-9-10(15(20)21)5-6-12(11)18(13)8-7-14(19)16-2/h5-6,9H,3-4,7-8H2,1-2H3,(H,16,19)(H,20,21). The fraction of sp³-hybridized carbons (Fsp3) is 0.400. The third-order valence-corrected chi connectivity index (χ3v) is 3.39. The maximum Gasteiger partial charge on any atom is 0.335 e. The number of carbonyl (C=O) groups is 2. The normalized spacial score (nSPS) is 10.8. The number of benzene rings is 1. The zero-order valence-corrected chi connectivity index (χ0v) is 12.2. The van der Waals surface area contributed by atoms with E-state index in [-0.39, 0.29) is 11.5 Å². The highest BCUT2D eigenvalue weighted by atomic mass is 16.4. The molecule has 1 aromatic carbocycles. The van der Waals surface area contributed by atoms with Gasteiger partial charge >= 0.3 is 5.97 Å². The lowest BCUT2D eigenvalue weighted by molar-refractivity contribution is -0.120. The van der Waals surface area contributed by atoms with Crippen molar-refractivity contribution in [3.8, 4) is 0 Å². The summed E-state index contributed by atoms with van der Waals surface area (Å²) in [5.41, 5.74) is 1.75. The zero-order valence-electron chi connectivity index (χ0n) is 12.2. The van der Waals surface area contributed by atoms with Gasteiger partial charge in [0.1, 0.15) is 5.82 Å². The Hall–Kier alpha value is -2.37. The predicted octanol–water partition coefficient (Wildman–Crippen LogP) is 1.82. The van der Waals surface area contributed by atoms with Gasteiger partial charge in [-0.1, -0.05) is 6.92 Å². The minimum atomic E-state index is -0.964. The van der Waals surface area contributed by atoms with Crippen LogP contribution in [0.1, 0.15) is 35.9 Å². The van der Waals surface area contributed by atoms with Crippen LogP contribution in [-0.4, -0.2) is 33.6 Å². The Kier molecular flexibility index (Phi) is 4.57. The number of rotatable bonds is 6. The zero-order chi connectivity index (χ0) is 15.4. The maximum absolute atomic E-state index is 11.4. The third-order valence-electron chi connectivity index (χ3n) is 3.39. The van der Waals surface area contributed by atoms with Crippen molar-refractivity contribution in [2.75, 3.05) is 7.05 Å². The van der Waals surface area contributed by atoms with Gasteiger partial charge in [0.25, 0.3) is 0 Å². The molecule has 1 heterocycles. The van der Waals surface area contributed by atoms with E-state index in [0.717, 1.165) is 24.2 Å². The number of aryl methyl sites for hydroxylation is 2. The Labute approximate surface area is 122 Å². The van der Waals surface area contributed by atoms with Crippen molar-refractivity contribution >= 4 is 22.9 Å². The number of amides is 1. The summed E-state index contributed by atoms with van der Waals surface area (Å²) in [6.07, 6.45) is 2.11. The van der Waals surface area contributed by atoms with Crippen molar-refractivity contribution < 1.29 is 14.7 Å². The fourth-order valence-corrected chi connectivity index (χ4v) is 2.32. The van der Waals surface area contributed by atoms with Gasteiger partial charge in [0.15, 0.2) is 0 Å². The Bertz CT molecular complexity index is 676. The summed E-state index contributed by atoms with van der Waals surface area (Å²) in [5.74, 6) is -0.103. The first kappa shape index (κ1) is 15.0. The average molecular weight is 289 g/mol. The number of aromatic nitrogens is 2. The molecule has 0 aliphatic carbocycles. The van der Waals surface area contributed by atoms with Gasteiger partial charge in [-0.15, -0.1) is 0 Å². The molecule has 0 aliphatic heterocycles. The van der Waals surface area contributed by atoms with Gasteiger partial charge < -0.3 is 15.0 Å². The van der Waals surface area contributed by atoms with Crippen LogP contribution < -0.4 is 5.32 Å². The fourth-order valence-electron chi connectivity index (χ4n) is 2.32. The van der Waals surface area contributed by atoms with Crippen molar-refractivity contribution in [3.63, 3.8) is 0 Å². The molecule has 1 amide bonds. The van der Waals surface area contributed by atoms with Gasteiger partial charge in [0.05, 0.1) is 16.6 Å². The van der Waals surface area contributed by atoms with Crippen LogP contribution >= 0.6 is 0 Å². The molecule has 2 rings (SSSR count). The predicted molar refractivity (Wildman–Crippen MR) is 79.4 cm³/mol. The molecule has 0 atom stereocenters. The molecule has 2 aromatic rings. The molecule has 6 nitrogen and oxygen atoms in total.